The first-order valence-electron chi connectivity index (χ1n) is 8.00. The number of rotatable bonds is 4. The molecule has 0 unspecified atom stereocenters. The number of hydrogen-bond donors (Lipinski definition) is 2. The Hall–Kier alpha value is -0.860. The zero-order valence-corrected chi connectivity index (χ0v) is 15.3. The van der Waals surface area contributed by atoms with Crippen molar-refractivity contribution in [2.75, 3.05) is 7.11 Å². The first kappa shape index (κ1) is 25.1. The Bertz CT molecular complexity index is 253. The highest BCUT2D eigenvalue weighted by atomic mass is 16.3. The Labute approximate surface area is 133 Å². The van der Waals surface area contributed by atoms with E-state index < -0.39 is 5.60 Å². The Morgan fingerprint density at radius 2 is 1.14 bits per heavy atom. The molecule has 0 radical (unpaired) electrons. The van der Waals surface area contributed by atoms with Crippen LogP contribution in [-0.4, -0.2) is 22.9 Å². The number of aliphatic hydroxyl groups excluding tert-OH is 1. The van der Waals surface area contributed by atoms with E-state index in [2.05, 4.69) is 32.9 Å². The minimum atomic E-state index is -0.500. The van der Waals surface area contributed by atoms with Gasteiger partial charge in [-0.15, -0.1) is 0 Å². The van der Waals surface area contributed by atoms with Gasteiger partial charge in [-0.25, -0.2) is 0 Å². The molecule has 0 amide bonds. The van der Waals surface area contributed by atoms with E-state index >= 15 is 0 Å². The van der Waals surface area contributed by atoms with Gasteiger partial charge in [-0.3, -0.25) is 0 Å². The van der Waals surface area contributed by atoms with Gasteiger partial charge < -0.3 is 10.2 Å². The smallest absolute Gasteiger partial charge is 0.0563 e. The van der Waals surface area contributed by atoms with Gasteiger partial charge in [-0.1, -0.05) is 81.8 Å². The van der Waals surface area contributed by atoms with E-state index in [1.807, 2.05) is 18.2 Å². The predicted molar refractivity (Wildman–Crippen MR) is 95.7 cm³/mol. The molecule has 0 bridgehead atoms. The van der Waals surface area contributed by atoms with Crippen LogP contribution in [0.3, 0.4) is 0 Å². The van der Waals surface area contributed by atoms with E-state index in [9.17, 15) is 0 Å². The predicted octanol–water partition coefficient (Wildman–Crippen LogP) is 5.36. The molecule has 0 heterocycles. The van der Waals surface area contributed by atoms with E-state index in [-0.39, 0.29) is 0 Å². The molecule has 0 atom stereocenters. The molecular weight excluding hydrogens is 260 g/mol. The molecule has 1 aromatic rings. The van der Waals surface area contributed by atoms with Crippen LogP contribution in [0.4, 0.5) is 0 Å². The summed E-state index contributed by atoms with van der Waals surface area (Å²) in [6.45, 7) is 11.8. The number of aliphatic hydroxyl groups is 2. The minimum Gasteiger partial charge on any atom is -0.400 e. The molecule has 0 spiro atoms. The lowest BCUT2D eigenvalue weighted by Gasteiger charge is -2.04. The molecule has 126 valence electrons. The molecule has 0 fully saturated rings. The van der Waals surface area contributed by atoms with Gasteiger partial charge in [0.05, 0.1) is 5.60 Å². The van der Waals surface area contributed by atoms with Crippen molar-refractivity contribution in [2.24, 2.45) is 0 Å². The fourth-order valence-electron chi connectivity index (χ4n) is 1.21. The van der Waals surface area contributed by atoms with Crippen molar-refractivity contribution in [3.05, 3.63) is 35.9 Å². The van der Waals surface area contributed by atoms with Crippen molar-refractivity contribution in [3.8, 4) is 0 Å². The van der Waals surface area contributed by atoms with Gasteiger partial charge in [0, 0.05) is 7.11 Å². The zero-order valence-electron chi connectivity index (χ0n) is 15.3. The Morgan fingerprint density at radius 3 is 1.33 bits per heavy atom. The van der Waals surface area contributed by atoms with Gasteiger partial charge >= 0.3 is 0 Å². The van der Waals surface area contributed by atoms with Crippen LogP contribution in [0.2, 0.25) is 0 Å². The Morgan fingerprint density at radius 1 is 0.810 bits per heavy atom. The third-order valence-corrected chi connectivity index (χ3v) is 2.15. The van der Waals surface area contributed by atoms with Crippen LogP contribution in [0.15, 0.2) is 30.3 Å². The summed E-state index contributed by atoms with van der Waals surface area (Å²) in [5.41, 5.74) is 0.822. The van der Waals surface area contributed by atoms with Crippen molar-refractivity contribution in [3.63, 3.8) is 0 Å². The van der Waals surface area contributed by atoms with Crippen molar-refractivity contribution < 1.29 is 10.2 Å². The summed E-state index contributed by atoms with van der Waals surface area (Å²) in [5, 5.41) is 15.5. The van der Waals surface area contributed by atoms with Crippen LogP contribution in [0, 0.1) is 6.92 Å². The average Bonchev–Trinajstić information content (AvgIpc) is 2.41. The lowest BCUT2D eigenvalue weighted by Crippen LogP contribution is -2.10. The molecule has 2 N–H and O–H groups in total. The maximum absolute atomic E-state index is 8.52. The van der Waals surface area contributed by atoms with Gasteiger partial charge in [-0.2, -0.15) is 0 Å². The molecule has 1 rings (SSSR count). The Kier molecular flexibility index (Phi) is 22.9. The maximum atomic E-state index is 8.52. The van der Waals surface area contributed by atoms with E-state index in [0.29, 0.717) is 0 Å². The summed E-state index contributed by atoms with van der Waals surface area (Å²) in [5.74, 6) is 0. The molecule has 2 heteroatoms. The van der Waals surface area contributed by atoms with Gasteiger partial charge in [0.1, 0.15) is 0 Å². The highest BCUT2D eigenvalue weighted by Crippen LogP contribution is 2.00. The molecule has 0 saturated heterocycles. The molecule has 0 aromatic heterocycles. The third kappa shape index (κ3) is 45.3. The summed E-state index contributed by atoms with van der Waals surface area (Å²) in [7, 11) is 1.00. The average molecular weight is 299 g/mol. The third-order valence-electron chi connectivity index (χ3n) is 2.15. The summed E-state index contributed by atoms with van der Waals surface area (Å²) in [6, 6.07) is 10.3. The van der Waals surface area contributed by atoms with Crippen LogP contribution in [0.5, 0.6) is 0 Å². The second-order valence-corrected chi connectivity index (χ2v) is 5.89. The summed E-state index contributed by atoms with van der Waals surface area (Å²) >= 11 is 0. The van der Waals surface area contributed by atoms with Crippen LogP contribution >= 0.6 is 0 Å². The molecule has 0 aliphatic heterocycles. The first-order chi connectivity index (χ1) is 9.81. The molecule has 0 aliphatic rings. The topological polar surface area (TPSA) is 40.5 Å². The van der Waals surface area contributed by atoms with Gasteiger partial charge in [0.2, 0.25) is 0 Å². The first-order valence-corrected chi connectivity index (χ1v) is 8.00. The van der Waals surface area contributed by atoms with E-state index in [0.717, 1.165) is 7.11 Å². The monoisotopic (exact) mass is 298 g/mol. The number of unbranched alkanes of at least 4 members (excludes halogenated alkanes) is 4. The maximum Gasteiger partial charge on any atom is 0.0563 e. The highest BCUT2D eigenvalue weighted by molar-refractivity contribution is 5.11. The number of hydrogen-bond acceptors (Lipinski definition) is 2. The van der Waals surface area contributed by atoms with Crippen LogP contribution in [-0.2, 0) is 0 Å². The van der Waals surface area contributed by atoms with Gasteiger partial charge in [-0.05, 0) is 27.7 Å². The van der Waals surface area contributed by atoms with Crippen molar-refractivity contribution >= 4 is 0 Å². The minimum absolute atomic E-state index is 0.500. The molecular formula is C19H38O2. The number of benzene rings is 1. The van der Waals surface area contributed by atoms with Gasteiger partial charge in [0.25, 0.3) is 0 Å². The largest absolute Gasteiger partial charge is 0.400 e. The molecule has 0 aliphatic carbocycles. The standard InChI is InChI=1S/C7H8.C7H16.C4H10O.CH4O/c1-7-5-3-2-4-6-7;1-3-5-7-6-4-2;1-4(2,3)5;1-2/h2-6H,1H3;3-7H2,1-2H3;5H,1-3H3;2H,1H3. The van der Waals surface area contributed by atoms with Crippen LogP contribution < -0.4 is 0 Å². The molecule has 2 nitrogen and oxygen atoms in total. The second-order valence-electron chi connectivity index (χ2n) is 5.89. The van der Waals surface area contributed by atoms with Crippen molar-refractivity contribution in [1.29, 1.82) is 0 Å². The fraction of sp³-hybridized carbons (Fsp3) is 0.684. The number of aryl methyl sites for hydroxylation is 1. The summed E-state index contributed by atoms with van der Waals surface area (Å²) in [6.07, 6.45) is 7.01. The summed E-state index contributed by atoms with van der Waals surface area (Å²) < 4.78 is 0. The second kappa shape index (κ2) is 19.1. The Balaban J connectivity index is -0.000000222. The van der Waals surface area contributed by atoms with E-state index in [4.69, 9.17) is 10.2 Å². The SMILES string of the molecule is CC(C)(C)O.CCCCCCC.CO.Cc1ccccc1. The highest BCUT2D eigenvalue weighted by Gasteiger charge is 1.97. The van der Waals surface area contributed by atoms with Crippen molar-refractivity contribution in [1.82, 2.24) is 0 Å². The summed E-state index contributed by atoms with van der Waals surface area (Å²) in [4.78, 5) is 0. The zero-order chi connectivity index (χ0) is 17.1. The fourth-order valence-corrected chi connectivity index (χ4v) is 1.21. The molecule has 21 heavy (non-hydrogen) atoms. The lowest BCUT2D eigenvalue weighted by molar-refractivity contribution is 0.102. The van der Waals surface area contributed by atoms with Gasteiger partial charge in [0.15, 0.2) is 0 Å². The van der Waals surface area contributed by atoms with E-state index in [1.165, 1.54) is 37.7 Å². The lowest BCUT2D eigenvalue weighted by atomic mass is 10.2. The normalized spacial score (nSPS) is 9.19. The van der Waals surface area contributed by atoms with Crippen LogP contribution in [0.1, 0.15) is 72.3 Å². The molecule has 1 aromatic carbocycles. The van der Waals surface area contributed by atoms with E-state index in [1.54, 1.807) is 20.8 Å². The van der Waals surface area contributed by atoms with Crippen molar-refractivity contribution in [2.45, 2.75) is 79.2 Å². The quantitative estimate of drug-likeness (QED) is 0.735. The van der Waals surface area contributed by atoms with Crippen LogP contribution in [0.25, 0.3) is 0 Å². The molecule has 0 saturated carbocycles.